The number of carbonyl (C=O) groups excluding carboxylic acids is 2. The molecule has 0 aliphatic carbocycles. The number of hydrogen-bond acceptors (Lipinski definition) is 7. The van der Waals surface area contributed by atoms with E-state index in [2.05, 4.69) is 4.98 Å². The molecule has 0 bridgehead atoms. The number of rotatable bonds is 9. The highest BCUT2D eigenvalue weighted by Gasteiger charge is 2.26. The number of Topliss-reactive ketones (excluding diaryl/α,β-unsaturated/α-hetero) is 1. The molecule has 176 valence electrons. The average molecular weight is 461 g/mol. The molecule has 7 heteroatoms. The predicted molar refractivity (Wildman–Crippen MR) is 128 cm³/mol. The van der Waals surface area contributed by atoms with Crippen molar-refractivity contribution in [2.45, 2.75) is 25.4 Å². The van der Waals surface area contributed by atoms with Gasteiger partial charge < -0.3 is 19.5 Å². The van der Waals surface area contributed by atoms with Crippen molar-refractivity contribution in [1.29, 1.82) is 0 Å². The summed E-state index contributed by atoms with van der Waals surface area (Å²) < 4.78 is 10.7. The summed E-state index contributed by atoms with van der Waals surface area (Å²) in [6, 6.07) is 18.4. The maximum absolute atomic E-state index is 13.3. The third-order valence-corrected chi connectivity index (χ3v) is 5.95. The van der Waals surface area contributed by atoms with Gasteiger partial charge in [0.2, 0.25) is 0 Å². The van der Waals surface area contributed by atoms with Crippen molar-refractivity contribution >= 4 is 17.6 Å². The molecular weight excluding hydrogens is 432 g/mol. The summed E-state index contributed by atoms with van der Waals surface area (Å²) in [4.78, 5) is 32.1. The predicted octanol–water partition coefficient (Wildman–Crippen LogP) is 4.03. The normalized spacial score (nSPS) is 15.1. The quantitative estimate of drug-likeness (QED) is 0.381. The number of aromatic nitrogens is 1. The molecule has 4 rings (SSSR count). The number of ketones is 1. The lowest BCUT2D eigenvalue weighted by molar-refractivity contribution is 0.0596. The number of phenolic OH excluding ortho intramolecular Hbond substituents is 1. The maximum Gasteiger partial charge on any atom is 0.341 e. The molecule has 0 spiro atoms. The van der Waals surface area contributed by atoms with Crippen LogP contribution >= 0.6 is 0 Å². The van der Waals surface area contributed by atoms with Crippen molar-refractivity contribution in [3.05, 3.63) is 89.1 Å². The molecule has 1 unspecified atom stereocenters. The minimum absolute atomic E-state index is 0.0108. The van der Waals surface area contributed by atoms with Gasteiger partial charge >= 0.3 is 5.97 Å². The number of pyridine rings is 1. The van der Waals surface area contributed by atoms with E-state index < -0.39 is 5.97 Å². The first-order valence-corrected chi connectivity index (χ1v) is 11.3. The van der Waals surface area contributed by atoms with Gasteiger partial charge in [0, 0.05) is 19.3 Å². The van der Waals surface area contributed by atoms with E-state index in [4.69, 9.17) is 9.47 Å². The van der Waals surface area contributed by atoms with Crippen LogP contribution in [0.3, 0.4) is 0 Å². The summed E-state index contributed by atoms with van der Waals surface area (Å²) in [5.41, 5.74) is 1.66. The van der Waals surface area contributed by atoms with Crippen LogP contribution in [0, 0.1) is 0 Å². The molecular formula is C27H28N2O5. The van der Waals surface area contributed by atoms with Gasteiger partial charge in [0.25, 0.3) is 0 Å². The third kappa shape index (κ3) is 5.43. The van der Waals surface area contributed by atoms with Gasteiger partial charge in [0.15, 0.2) is 5.78 Å². The Labute approximate surface area is 199 Å². The molecule has 3 aromatic rings. The molecule has 1 aromatic heterocycles. The van der Waals surface area contributed by atoms with Crippen molar-refractivity contribution in [2.75, 3.05) is 31.7 Å². The van der Waals surface area contributed by atoms with E-state index in [0.29, 0.717) is 31.0 Å². The van der Waals surface area contributed by atoms with E-state index in [1.165, 1.54) is 7.11 Å². The van der Waals surface area contributed by atoms with Crippen LogP contribution in [0.4, 0.5) is 5.82 Å². The fraction of sp³-hybridized carbons (Fsp3) is 0.296. The molecule has 0 saturated carbocycles. The van der Waals surface area contributed by atoms with Gasteiger partial charge in [-0.25, -0.2) is 9.78 Å². The number of ether oxygens (including phenoxy) is 2. The van der Waals surface area contributed by atoms with E-state index in [9.17, 15) is 14.7 Å². The Hall–Kier alpha value is -3.71. The summed E-state index contributed by atoms with van der Waals surface area (Å²) in [5.74, 6) is -0.709. The van der Waals surface area contributed by atoms with Crippen molar-refractivity contribution in [1.82, 2.24) is 4.98 Å². The van der Waals surface area contributed by atoms with Gasteiger partial charge in [0.05, 0.1) is 25.3 Å². The van der Waals surface area contributed by atoms with E-state index in [1.54, 1.807) is 18.3 Å². The number of esters is 1. The standard InChI is InChI=1S/C27H28N2O5/c1-33-27(32)25-20(16-19-8-3-2-4-9-19)12-13-22(26(25)31)23(30)18-29(17-21-10-7-15-34-21)24-11-5-6-14-28-24/h2-6,8-9,11-14,21,31H,7,10,15-18H2,1H3. The molecule has 0 radical (unpaired) electrons. The summed E-state index contributed by atoms with van der Waals surface area (Å²) in [6.07, 6.45) is 4.02. The molecule has 0 amide bonds. The smallest absolute Gasteiger partial charge is 0.341 e. The number of aromatic hydroxyl groups is 1. The van der Waals surface area contributed by atoms with Gasteiger partial charge in [-0.2, -0.15) is 0 Å². The van der Waals surface area contributed by atoms with Crippen molar-refractivity contribution in [3.8, 4) is 5.75 Å². The second kappa shape index (κ2) is 10.9. The molecule has 1 saturated heterocycles. The summed E-state index contributed by atoms with van der Waals surface area (Å²) >= 11 is 0. The van der Waals surface area contributed by atoms with Crippen LogP contribution in [0.5, 0.6) is 5.75 Å². The Morgan fingerprint density at radius 2 is 1.91 bits per heavy atom. The molecule has 1 aliphatic rings. The zero-order valence-electron chi connectivity index (χ0n) is 19.1. The summed E-state index contributed by atoms with van der Waals surface area (Å²) in [6.45, 7) is 1.21. The van der Waals surface area contributed by atoms with Crippen LogP contribution in [0.2, 0.25) is 0 Å². The van der Waals surface area contributed by atoms with Crippen molar-refractivity contribution in [3.63, 3.8) is 0 Å². The second-order valence-corrected chi connectivity index (χ2v) is 8.28. The number of carbonyl (C=O) groups is 2. The van der Waals surface area contributed by atoms with Gasteiger partial charge in [-0.1, -0.05) is 42.5 Å². The zero-order chi connectivity index (χ0) is 23.9. The zero-order valence-corrected chi connectivity index (χ0v) is 19.1. The Kier molecular flexibility index (Phi) is 7.54. The second-order valence-electron chi connectivity index (χ2n) is 8.28. The fourth-order valence-electron chi connectivity index (χ4n) is 4.22. The van der Waals surface area contributed by atoms with Gasteiger partial charge in [-0.3, -0.25) is 4.79 Å². The summed E-state index contributed by atoms with van der Waals surface area (Å²) in [7, 11) is 1.26. The molecule has 7 nitrogen and oxygen atoms in total. The lowest BCUT2D eigenvalue weighted by Crippen LogP contribution is -2.37. The largest absolute Gasteiger partial charge is 0.506 e. The first-order valence-electron chi connectivity index (χ1n) is 11.3. The highest BCUT2D eigenvalue weighted by Crippen LogP contribution is 2.30. The number of methoxy groups -OCH3 is 1. The number of nitrogens with zero attached hydrogens (tertiary/aromatic N) is 2. The fourth-order valence-corrected chi connectivity index (χ4v) is 4.22. The van der Waals surface area contributed by atoms with E-state index in [1.807, 2.05) is 53.4 Å². The molecule has 1 atom stereocenters. The molecule has 2 heterocycles. The van der Waals surface area contributed by atoms with Gasteiger partial charge in [0.1, 0.15) is 17.1 Å². The molecule has 1 aliphatic heterocycles. The number of benzene rings is 2. The minimum atomic E-state index is -0.681. The molecule has 1 N–H and O–H groups in total. The van der Waals surface area contributed by atoms with E-state index in [0.717, 1.165) is 18.4 Å². The topological polar surface area (TPSA) is 89.0 Å². The highest BCUT2D eigenvalue weighted by molar-refractivity contribution is 6.05. The minimum Gasteiger partial charge on any atom is -0.506 e. The van der Waals surface area contributed by atoms with Crippen LogP contribution in [0.25, 0.3) is 0 Å². The van der Waals surface area contributed by atoms with Crippen molar-refractivity contribution in [2.24, 2.45) is 0 Å². The Morgan fingerprint density at radius 1 is 1.12 bits per heavy atom. The molecule has 34 heavy (non-hydrogen) atoms. The Bertz CT molecular complexity index is 1130. The SMILES string of the molecule is COC(=O)c1c(Cc2ccccc2)ccc(C(=O)CN(CC2CCCO2)c2ccccn2)c1O. The van der Waals surface area contributed by atoms with E-state index >= 15 is 0 Å². The van der Waals surface area contributed by atoms with Crippen LogP contribution in [-0.4, -0.2) is 54.8 Å². The first-order chi connectivity index (χ1) is 16.6. The maximum atomic E-state index is 13.3. The summed E-state index contributed by atoms with van der Waals surface area (Å²) in [5, 5.41) is 11.0. The highest BCUT2D eigenvalue weighted by atomic mass is 16.5. The van der Waals surface area contributed by atoms with Crippen LogP contribution < -0.4 is 4.90 Å². The average Bonchev–Trinajstić information content (AvgIpc) is 3.38. The lowest BCUT2D eigenvalue weighted by Gasteiger charge is -2.26. The molecule has 1 fully saturated rings. The monoisotopic (exact) mass is 460 g/mol. The Morgan fingerprint density at radius 3 is 2.59 bits per heavy atom. The van der Waals surface area contributed by atoms with Crippen molar-refractivity contribution < 1.29 is 24.2 Å². The lowest BCUT2D eigenvalue weighted by atomic mass is 9.95. The number of phenols is 1. The van der Waals surface area contributed by atoms with Gasteiger partial charge in [-0.05, 0) is 48.6 Å². The molecule has 2 aromatic carbocycles. The van der Waals surface area contributed by atoms with Gasteiger partial charge in [-0.15, -0.1) is 0 Å². The first kappa shape index (κ1) is 23.4. The van der Waals surface area contributed by atoms with Crippen LogP contribution in [0.1, 0.15) is 44.7 Å². The van der Waals surface area contributed by atoms with Crippen LogP contribution in [0.15, 0.2) is 66.9 Å². The number of anilines is 1. The number of hydrogen-bond donors (Lipinski definition) is 1. The van der Waals surface area contributed by atoms with E-state index in [-0.39, 0.29) is 35.3 Å². The van der Waals surface area contributed by atoms with Crippen LogP contribution in [-0.2, 0) is 15.9 Å². The third-order valence-electron chi connectivity index (χ3n) is 5.95. The Balaban J connectivity index is 1.62.